The van der Waals surface area contributed by atoms with Crippen molar-refractivity contribution in [2.75, 3.05) is 5.32 Å². The Morgan fingerprint density at radius 2 is 1.89 bits per heavy atom. The number of ether oxygens (including phenoxy) is 1. The van der Waals surface area contributed by atoms with Crippen molar-refractivity contribution in [3.05, 3.63) is 52.9 Å². The minimum atomic E-state index is -1.80. The Balaban J connectivity index is 1.43. The lowest BCUT2D eigenvalue weighted by Crippen LogP contribution is -2.45. The van der Waals surface area contributed by atoms with Gasteiger partial charge in [-0.05, 0) is 62.0 Å². The molecule has 0 atom stereocenters. The number of benzene rings is 1. The predicted molar refractivity (Wildman–Crippen MR) is 143 cm³/mol. The number of aromatic nitrogens is 3. The van der Waals surface area contributed by atoms with Gasteiger partial charge in [0, 0.05) is 29.1 Å². The van der Waals surface area contributed by atoms with Crippen LogP contribution in [-0.2, 0) is 11.0 Å². The Hall–Kier alpha value is -2.46. The molecule has 0 aliphatic heterocycles. The second-order valence-corrected chi connectivity index (χ2v) is 16.1. The van der Waals surface area contributed by atoms with Crippen LogP contribution in [0.3, 0.4) is 0 Å². The highest BCUT2D eigenvalue weighted by molar-refractivity contribution is 6.74. The summed E-state index contributed by atoms with van der Waals surface area (Å²) in [6.07, 6.45) is 8.60. The monoisotopic (exact) mass is 530 g/mol. The first-order chi connectivity index (χ1) is 17.0. The van der Waals surface area contributed by atoms with E-state index in [1.54, 1.807) is 24.4 Å². The van der Waals surface area contributed by atoms with Crippen LogP contribution >= 0.6 is 11.6 Å². The normalized spacial score (nSPS) is 18.9. The number of rotatable bonds is 7. The van der Waals surface area contributed by atoms with Crippen molar-refractivity contribution >= 4 is 37.2 Å². The first kappa shape index (κ1) is 26.6. The number of halogens is 1. The van der Waals surface area contributed by atoms with Gasteiger partial charge in [-0.15, -0.1) is 0 Å². The molecule has 3 aromatic rings. The molecule has 0 radical (unpaired) electrons. The van der Waals surface area contributed by atoms with Crippen LogP contribution in [0.25, 0.3) is 5.65 Å². The summed E-state index contributed by atoms with van der Waals surface area (Å²) in [6, 6.07) is 5.23. The molecule has 0 unspecified atom stereocenters. The first-order valence-electron chi connectivity index (χ1n) is 12.4. The maximum Gasteiger partial charge on any atom is 0.261 e. The van der Waals surface area contributed by atoms with E-state index in [1.165, 1.54) is 16.9 Å². The number of fused-ring (bicyclic) bond motifs is 1. The summed E-state index contributed by atoms with van der Waals surface area (Å²) in [7, 11) is -1.80. The summed E-state index contributed by atoms with van der Waals surface area (Å²) in [5.74, 6) is 0.210. The van der Waals surface area contributed by atoms with Crippen molar-refractivity contribution in [2.24, 2.45) is 0 Å². The molecule has 8 nitrogen and oxygen atoms in total. The van der Waals surface area contributed by atoms with Crippen molar-refractivity contribution < 1.29 is 19.1 Å². The van der Waals surface area contributed by atoms with Crippen molar-refractivity contribution in [3.8, 4) is 5.75 Å². The third kappa shape index (κ3) is 5.91. The second kappa shape index (κ2) is 10.5. The highest BCUT2D eigenvalue weighted by atomic mass is 35.5. The van der Waals surface area contributed by atoms with E-state index in [0.29, 0.717) is 33.2 Å². The predicted octanol–water partition coefficient (Wildman–Crippen LogP) is 5.84. The summed E-state index contributed by atoms with van der Waals surface area (Å²) in [6.45, 7) is 11.2. The molecule has 1 saturated carbocycles. The first-order valence-corrected chi connectivity index (χ1v) is 15.6. The van der Waals surface area contributed by atoms with Gasteiger partial charge in [0.05, 0.1) is 24.6 Å². The zero-order valence-electron chi connectivity index (χ0n) is 21.5. The number of nitrogens with one attached hydrogen (secondary N) is 1. The summed E-state index contributed by atoms with van der Waals surface area (Å²) < 4.78 is 14.4. The fourth-order valence-electron chi connectivity index (χ4n) is 4.09. The van der Waals surface area contributed by atoms with Gasteiger partial charge in [-0.3, -0.25) is 4.79 Å². The second-order valence-electron chi connectivity index (χ2n) is 10.9. The SMILES string of the molecule is CC(C)(C)[Si](C)(C)OC1CCC(Oc2ccc(Cl)cc2NC(=O)c2cnn3cc(CO)cnc23)CC1. The largest absolute Gasteiger partial charge is 0.488 e. The van der Waals surface area contributed by atoms with E-state index in [2.05, 4.69) is 49.3 Å². The topological polar surface area (TPSA) is 98.0 Å². The van der Waals surface area contributed by atoms with Gasteiger partial charge in [0.1, 0.15) is 11.3 Å². The summed E-state index contributed by atoms with van der Waals surface area (Å²) in [5, 5.41) is 17.1. The van der Waals surface area contributed by atoms with E-state index in [-0.39, 0.29) is 29.8 Å². The van der Waals surface area contributed by atoms with E-state index >= 15 is 0 Å². The van der Waals surface area contributed by atoms with Crippen LogP contribution in [0, 0.1) is 0 Å². The molecule has 0 bridgehead atoms. The average Bonchev–Trinajstić information content (AvgIpc) is 3.24. The van der Waals surface area contributed by atoms with Gasteiger partial charge in [-0.25, -0.2) is 9.50 Å². The van der Waals surface area contributed by atoms with Crippen LogP contribution < -0.4 is 10.1 Å². The molecular formula is C26H35ClN4O4Si. The standard InChI is InChI=1S/C26H35ClN4O4Si/c1-26(2,3)36(4,5)35-20-9-7-19(8-10-20)34-23-11-6-18(27)12-22(23)30-25(33)21-14-29-31-15-17(16-32)13-28-24(21)31/h6,11-15,19-20,32H,7-10,16H2,1-5H3,(H,30,33). The van der Waals surface area contributed by atoms with Crippen molar-refractivity contribution in [3.63, 3.8) is 0 Å². The van der Waals surface area contributed by atoms with Gasteiger partial charge in [0.2, 0.25) is 0 Å². The highest BCUT2D eigenvalue weighted by Crippen LogP contribution is 2.40. The van der Waals surface area contributed by atoms with Gasteiger partial charge in [0.15, 0.2) is 14.0 Å². The van der Waals surface area contributed by atoms with Crippen LogP contribution in [0.1, 0.15) is 62.4 Å². The number of carbonyl (C=O) groups excluding carboxylic acids is 1. The molecule has 36 heavy (non-hydrogen) atoms. The van der Waals surface area contributed by atoms with Crippen molar-refractivity contribution in [1.29, 1.82) is 0 Å². The average molecular weight is 531 g/mol. The van der Waals surface area contributed by atoms with Gasteiger partial charge in [-0.2, -0.15) is 5.10 Å². The molecule has 1 aromatic carbocycles. The van der Waals surface area contributed by atoms with Gasteiger partial charge < -0.3 is 19.6 Å². The molecule has 2 heterocycles. The molecule has 194 valence electrons. The Labute approximate surface area is 218 Å². The number of hydrogen-bond donors (Lipinski definition) is 2. The molecule has 1 amide bonds. The molecule has 10 heteroatoms. The number of carbonyl (C=O) groups is 1. The smallest absolute Gasteiger partial charge is 0.261 e. The third-order valence-electron chi connectivity index (χ3n) is 7.21. The van der Waals surface area contributed by atoms with Crippen molar-refractivity contribution in [1.82, 2.24) is 14.6 Å². The Morgan fingerprint density at radius 1 is 1.19 bits per heavy atom. The molecule has 1 aliphatic rings. The van der Waals surface area contributed by atoms with Gasteiger partial charge >= 0.3 is 0 Å². The van der Waals surface area contributed by atoms with Crippen LogP contribution in [0.15, 0.2) is 36.8 Å². The van der Waals surface area contributed by atoms with Gasteiger partial charge in [0.25, 0.3) is 5.91 Å². The Morgan fingerprint density at radius 3 is 2.56 bits per heavy atom. The van der Waals surface area contributed by atoms with E-state index in [1.807, 2.05) is 0 Å². The fourth-order valence-corrected chi connectivity index (χ4v) is 5.68. The van der Waals surface area contributed by atoms with E-state index in [0.717, 1.165) is 25.7 Å². The minimum absolute atomic E-state index is 0.0386. The molecule has 4 rings (SSSR count). The number of amides is 1. The van der Waals surface area contributed by atoms with Gasteiger partial charge in [-0.1, -0.05) is 32.4 Å². The molecule has 0 saturated heterocycles. The summed E-state index contributed by atoms with van der Waals surface area (Å²) in [4.78, 5) is 17.4. The maximum atomic E-state index is 13.1. The molecule has 0 spiro atoms. The molecule has 2 aromatic heterocycles. The lowest BCUT2D eigenvalue weighted by molar-refractivity contribution is 0.0729. The Bertz CT molecular complexity index is 1230. The summed E-state index contributed by atoms with van der Waals surface area (Å²) >= 11 is 6.24. The quantitative estimate of drug-likeness (QED) is 0.372. The molecular weight excluding hydrogens is 496 g/mol. The van der Waals surface area contributed by atoms with E-state index < -0.39 is 8.32 Å². The number of anilines is 1. The number of hydrogen-bond acceptors (Lipinski definition) is 6. The lowest BCUT2D eigenvalue weighted by atomic mass is 9.95. The van der Waals surface area contributed by atoms with Crippen LogP contribution in [0.4, 0.5) is 5.69 Å². The molecule has 2 N–H and O–H groups in total. The zero-order valence-corrected chi connectivity index (χ0v) is 23.3. The van der Waals surface area contributed by atoms with E-state index in [9.17, 15) is 9.90 Å². The molecule has 1 aliphatic carbocycles. The van der Waals surface area contributed by atoms with Crippen LogP contribution in [-0.4, -0.2) is 46.1 Å². The molecule has 1 fully saturated rings. The number of aliphatic hydroxyl groups is 1. The van der Waals surface area contributed by atoms with Crippen molar-refractivity contribution in [2.45, 2.75) is 83.4 Å². The van der Waals surface area contributed by atoms with Crippen LogP contribution in [0.5, 0.6) is 5.75 Å². The minimum Gasteiger partial charge on any atom is -0.488 e. The Kier molecular flexibility index (Phi) is 7.75. The van der Waals surface area contributed by atoms with E-state index in [4.69, 9.17) is 20.8 Å². The number of aliphatic hydroxyl groups excluding tert-OH is 1. The highest BCUT2D eigenvalue weighted by Gasteiger charge is 2.40. The summed E-state index contributed by atoms with van der Waals surface area (Å²) in [5.41, 5.74) is 1.81. The third-order valence-corrected chi connectivity index (χ3v) is 12.0. The number of nitrogens with zero attached hydrogens (tertiary/aromatic N) is 3. The lowest BCUT2D eigenvalue weighted by Gasteiger charge is -2.41. The maximum absolute atomic E-state index is 13.1. The van der Waals surface area contributed by atoms with Crippen LogP contribution in [0.2, 0.25) is 23.2 Å². The zero-order chi connectivity index (χ0) is 26.1. The fraction of sp³-hybridized carbons (Fsp3) is 0.500.